The first-order valence-electron chi connectivity index (χ1n) is 7.73. The van der Waals surface area contributed by atoms with Gasteiger partial charge in [0.1, 0.15) is 0 Å². The molecule has 6 atom stereocenters. The van der Waals surface area contributed by atoms with Gasteiger partial charge in [0, 0.05) is 10.8 Å². The summed E-state index contributed by atoms with van der Waals surface area (Å²) < 4.78 is 0. The molecule has 0 aliphatic heterocycles. The molecular formula is C19H32. The lowest BCUT2D eigenvalue weighted by Gasteiger charge is -2.62. The van der Waals surface area contributed by atoms with E-state index in [1.165, 1.54) is 17.6 Å². The van der Waals surface area contributed by atoms with Gasteiger partial charge in [-0.2, -0.15) is 0 Å². The molecule has 0 aromatic rings. The van der Waals surface area contributed by atoms with E-state index in [9.17, 15) is 0 Å². The lowest BCUT2D eigenvalue weighted by Crippen LogP contribution is -2.56. The van der Waals surface area contributed by atoms with E-state index in [-0.39, 0.29) is 10.8 Å². The molecule has 6 unspecified atom stereocenters. The molecule has 0 saturated heterocycles. The van der Waals surface area contributed by atoms with Crippen molar-refractivity contribution in [2.24, 2.45) is 33.5 Å². The van der Waals surface area contributed by atoms with E-state index in [0.29, 0.717) is 10.8 Å². The molecule has 108 valence electrons. The second-order valence-corrected chi connectivity index (χ2v) is 8.40. The largest absolute Gasteiger partial charge is 0.0995 e. The Morgan fingerprint density at radius 3 is 1.26 bits per heavy atom. The molecule has 0 nitrogen and oxygen atoms in total. The van der Waals surface area contributed by atoms with Gasteiger partial charge in [0.25, 0.3) is 0 Å². The Kier molecular flexibility index (Phi) is 2.79. The summed E-state index contributed by atoms with van der Waals surface area (Å²) in [6.07, 6.45) is 1.30. The molecule has 0 heterocycles. The third-order valence-electron chi connectivity index (χ3n) is 8.49. The summed E-state index contributed by atoms with van der Waals surface area (Å²) in [6, 6.07) is 0. The molecule has 2 saturated carbocycles. The van der Waals surface area contributed by atoms with Gasteiger partial charge in [0.05, 0.1) is 0 Å². The fraction of sp³-hybridized carbons (Fsp3) is 0.789. The first-order valence-corrected chi connectivity index (χ1v) is 7.73. The van der Waals surface area contributed by atoms with Crippen molar-refractivity contribution in [2.75, 3.05) is 0 Å². The zero-order valence-electron chi connectivity index (χ0n) is 14.3. The van der Waals surface area contributed by atoms with Crippen molar-refractivity contribution in [3.63, 3.8) is 0 Å². The molecule has 2 fully saturated rings. The van der Waals surface area contributed by atoms with Crippen LogP contribution in [0, 0.1) is 33.5 Å². The summed E-state index contributed by atoms with van der Waals surface area (Å²) in [4.78, 5) is 0. The highest BCUT2D eigenvalue weighted by Gasteiger charge is 2.78. The van der Waals surface area contributed by atoms with Gasteiger partial charge in [0.2, 0.25) is 0 Å². The molecule has 0 amide bonds. The number of allylic oxidation sites excluding steroid dienone is 2. The zero-order chi connectivity index (χ0) is 15.0. The smallest absolute Gasteiger partial charge is 0.00308 e. The van der Waals surface area contributed by atoms with Crippen LogP contribution in [0.4, 0.5) is 0 Å². The standard InChI is InChI=1S/C19H32/c1-12(2)18(9)16(7)11-17(8,15(6)14(16)5)19(18,10)13(3)4/h14-15H,1,3,11H2,2,4-10H3. The fourth-order valence-corrected chi connectivity index (χ4v) is 6.42. The topological polar surface area (TPSA) is 0 Å². The van der Waals surface area contributed by atoms with Gasteiger partial charge in [-0.1, -0.05) is 65.8 Å². The van der Waals surface area contributed by atoms with E-state index in [1.54, 1.807) is 0 Å². The molecule has 19 heavy (non-hydrogen) atoms. The highest BCUT2D eigenvalue weighted by molar-refractivity contribution is 5.38. The quantitative estimate of drug-likeness (QED) is 0.546. The van der Waals surface area contributed by atoms with E-state index >= 15 is 0 Å². The van der Waals surface area contributed by atoms with Crippen LogP contribution >= 0.6 is 0 Å². The van der Waals surface area contributed by atoms with Crippen molar-refractivity contribution < 1.29 is 0 Å². The Balaban J connectivity index is 2.81. The molecular weight excluding hydrogens is 228 g/mol. The number of hydrogen-bond acceptors (Lipinski definition) is 0. The second kappa shape index (κ2) is 3.57. The average Bonchev–Trinajstić information content (AvgIpc) is 2.57. The van der Waals surface area contributed by atoms with Gasteiger partial charge in [-0.3, -0.25) is 0 Å². The second-order valence-electron chi connectivity index (χ2n) is 8.40. The molecule has 0 spiro atoms. The van der Waals surface area contributed by atoms with Crippen LogP contribution < -0.4 is 0 Å². The van der Waals surface area contributed by atoms with Crippen molar-refractivity contribution >= 4 is 0 Å². The molecule has 0 aromatic carbocycles. The van der Waals surface area contributed by atoms with Crippen LogP contribution in [0.2, 0.25) is 0 Å². The van der Waals surface area contributed by atoms with Crippen LogP contribution in [-0.4, -0.2) is 0 Å². The summed E-state index contributed by atoms with van der Waals surface area (Å²) >= 11 is 0. The lowest BCUT2D eigenvalue weighted by molar-refractivity contribution is -0.0816. The fourth-order valence-electron chi connectivity index (χ4n) is 6.42. The third-order valence-corrected chi connectivity index (χ3v) is 8.49. The third kappa shape index (κ3) is 1.15. The summed E-state index contributed by atoms with van der Waals surface area (Å²) in [5.41, 5.74) is 3.63. The van der Waals surface area contributed by atoms with E-state index in [0.717, 1.165) is 11.8 Å². The zero-order valence-corrected chi connectivity index (χ0v) is 14.3. The SMILES string of the molecule is C=C(C)C1(C)C2(C)CC(C)(C(C)C2C)C1(C)C(=C)C. The first-order chi connectivity index (χ1) is 8.41. The molecule has 0 N–H and O–H groups in total. The monoisotopic (exact) mass is 260 g/mol. The van der Waals surface area contributed by atoms with Gasteiger partial charge >= 0.3 is 0 Å². The highest BCUT2D eigenvalue weighted by Crippen LogP contribution is 2.84. The average molecular weight is 260 g/mol. The molecule has 0 heteroatoms. The lowest BCUT2D eigenvalue weighted by atomic mass is 9.41. The maximum absolute atomic E-state index is 4.40. The highest BCUT2D eigenvalue weighted by atomic mass is 14.8. The Labute approximate surface area is 120 Å². The Bertz CT molecular complexity index is 417. The van der Waals surface area contributed by atoms with E-state index < -0.39 is 0 Å². The van der Waals surface area contributed by atoms with Crippen molar-refractivity contribution in [3.8, 4) is 0 Å². The van der Waals surface area contributed by atoms with Gasteiger partial charge in [-0.25, -0.2) is 0 Å². The van der Waals surface area contributed by atoms with Crippen LogP contribution in [0.25, 0.3) is 0 Å². The first kappa shape index (κ1) is 14.9. The van der Waals surface area contributed by atoms with Crippen molar-refractivity contribution in [3.05, 3.63) is 24.3 Å². The molecule has 2 rings (SSSR count). The number of rotatable bonds is 2. The minimum absolute atomic E-state index is 0.145. The molecule has 2 aliphatic rings. The number of hydrogen-bond donors (Lipinski definition) is 0. The molecule has 2 bridgehead atoms. The van der Waals surface area contributed by atoms with E-state index in [4.69, 9.17) is 0 Å². The van der Waals surface area contributed by atoms with Gasteiger partial charge in [0.15, 0.2) is 0 Å². The van der Waals surface area contributed by atoms with Gasteiger partial charge < -0.3 is 0 Å². The van der Waals surface area contributed by atoms with E-state index in [1.807, 2.05) is 0 Å². The summed E-state index contributed by atoms with van der Waals surface area (Å²) in [7, 11) is 0. The van der Waals surface area contributed by atoms with Crippen molar-refractivity contribution in [1.29, 1.82) is 0 Å². The van der Waals surface area contributed by atoms with Crippen LogP contribution in [0.5, 0.6) is 0 Å². The molecule has 2 aliphatic carbocycles. The van der Waals surface area contributed by atoms with Crippen molar-refractivity contribution in [2.45, 2.75) is 61.8 Å². The van der Waals surface area contributed by atoms with Crippen LogP contribution in [0.1, 0.15) is 61.8 Å². The summed E-state index contributed by atoms with van der Waals surface area (Å²) in [6.45, 7) is 28.1. The normalized spacial score (nSPS) is 56.4. The van der Waals surface area contributed by atoms with E-state index in [2.05, 4.69) is 68.5 Å². The predicted molar refractivity (Wildman–Crippen MR) is 85.0 cm³/mol. The van der Waals surface area contributed by atoms with Crippen LogP contribution in [0.3, 0.4) is 0 Å². The summed E-state index contributed by atoms with van der Waals surface area (Å²) in [5.74, 6) is 1.48. The van der Waals surface area contributed by atoms with Crippen LogP contribution in [0.15, 0.2) is 24.3 Å². The predicted octanol–water partition coefficient (Wildman–Crippen LogP) is 5.85. The van der Waals surface area contributed by atoms with Crippen LogP contribution in [-0.2, 0) is 0 Å². The minimum atomic E-state index is 0.145. The Morgan fingerprint density at radius 1 is 0.789 bits per heavy atom. The van der Waals surface area contributed by atoms with Crippen molar-refractivity contribution in [1.82, 2.24) is 0 Å². The molecule has 0 aromatic heterocycles. The molecule has 0 radical (unpaired) electrons. The number of fused-ring (bicyclic) bond motifs is 2. The summed E-state index contributed by atoms with van der Waals surface area (Å²) in [5, 5.41) is 0. The maximum Gasteiger partial charge on any atom is 0.00308 e. The minimum Gasteiger partial charge on any atom is -0.0995 e. The van der Waals surface area contributed by atoms with Gasteiger partial charge in [-0.15, -0.1) is 0 Å². The maximum atomic E-state index is 4.40. The Hall–Kier alpha value is -0.520. The Morgan fingerprint density at radius 2 is 1.05 bits per heavy atom. The van der Waals surface area contributed by atoms with Gasteiger partial charge in [-0.05, 0) is 42.9 Å².